The number of aromatic hydroxyl groups is 1. The first-order valence-corrected chi connectivity index (χ1v) is 7.44. The van der Waals surface area contributed by atoms with Gasteiger partial charge in [0.2, 0.25) is 0 Å². The third kappa shape index (κ3) is 2.65. The second-order valence-electron chi connectivity index (χ2n) is 5.00. The Hall–Kier alpha value is -1.88. The van der Waals surface area contributed by atoms with Crippen LogP contribution < -0.4 is 4.90 Å². The van der Waals surface area contributed by atoms with Gasteiger partial charge >= 0.3 is 0 Å². The fourth-order valence-corrected chi connectivity index (χ4v) is 3.13. The van der Waals surface area contributed by atoms with Crippen LogP contribution in [0, 0.1) is 5.82 Å². The number of carbonyl (C=O) groups excluding carboxylic acids is 1. The molecule has 1 aliphatic rings. The van der Waals surface area contributed by atoms with E-state index in [2.05, 4.69) is 15.9 Å². The molecule has 0 unspecified atom stereocenters. The smallest absolute Gasteiger partial charge is 0.258 e. The first-order valence-electron chi connectivity index (χ1n) is 6.65. The molecule has 2 aromatic carbocycles. The molecule has 0 aliphatic carbocycles. The van der Waals surface area contributed by atoms with Crippen molar-refractivity contribution in [1.29, 1.82) is 0 Å². The maximum atomic E-state index is 13.5. The normalized spacial score (nSPS) is 13.9. The van der Waals surface area contributed by atoms with E-state index < -0.39 is 5.82 Å². The van der Waals surface area contributed by atoms with Crippen molar-refractivity contribution < 1.29 is 14.3 Å². The summed E-state index contributed by atoms with van der Waals surface area (Å²) in [7, 11) is 0. The third-order valence-electron chi connectivity index (χ3n) is 3.55. The molecule has 0 saturated carbocycles. The Bertz CT molecular complexity index is 697. The molecule has 3 nitrogen and oxygen atoms in total. The summed E-state index contributed by atoms with van der Waals surface area (Å²) < 4.78 is 14.0. The van der Waals surface area contributed by atoms with Crippen molar-refractivity contribution in [1.82, 2.24) is 0 Å². The number of hydrogen-bond acceptors (Lipinski definition) is 2. The van der Waals surface area contributed by atoms with E-state index >= 15 is 0 Å². The van der Waals surface area contributed by atoms with E-state index in [0.29, 0.717) is 16.7 Å². The first-order chi connectivity index (χ1) is 10.1. The lowest BCUT2D eigenvalue weighted by Crippen LogP contribution is -2.35. The molecular weight excluding hydrogens is 337 g/mol. The zero-order valence-electron chi connectivity index (χ0n) is 11.1. The minimum Gasteiger partial charge on any atom is -0.506 e. The molecule has 21 heavy (non-hydrogen) atoms. The lowest BCUT2D eigenvalue weighted by atomic mass is 10.00. The number of hydrogen-bond donors (Lipinski definition) is 1. The van der Waals surface area contributed by atoms with Gasteiger partial charge in [0.05, 0.1) is 5.69 Å². The molecule has 3 rings (SSSR count). The van der Waals surface area contributed by atoms with Crippen molar-refractivity contribution in [3.63, 3.8) is 0 Å². The highest BCUT2D eigenvalue weighted by Crippen LogP contribution is 2.36. The summed E-state index contributed by atoms with van der Waals surface area (Å²) in [6.45, 7) is 0.511. The minimum atomic E-state index is -0.470. The van der Waals surface area contributed by atoms with E-state index in [4.69, 9.17) is 0 Å². The fourth-order valence-electron chi connectivity index (χ4n) is 2.67. The number of fused-ring (bicyclic) bond motifs is 1. The lowest BCUT2D eigenvalue weighted by molar-refractivity contribution is 0.0984. The number of phenolic OH excluding ortho intramolecular Hbond substituents is 1. The number of phenols is 1. The number of halogens is 2. The molecule has 1 aliphatic heterocycles. The maximum Gasteiger partial charge on any atom is 0.258 e. The average Bonchev–Trinajstić information content (AvgIpc) is 2.45. The van der Waals surface area contributed by atoms with Crippen LogP contribution >= 0.6 is 15.9 Å². The number of nitrogens with zero attached hydrogens (tertiary/aromatic N) is 1. The molecule has 0 saturated heterocycles. The highest BCUT2D eigenvalue weighted by molar-refractivity contribution is 9.10. The van der Waals surface area contributed by atoms with Gasteiger partial charge in [0.15, 0.2) is 0 Å². The molecular formula is C16H13BrFNO2. The largest absolute Gasteiger partial charge is 0.506 e. The number of aryl methyl sites for hydroxylation is 1. The van der Waals surface area contributed by atoms with Crippen LogP contribution in [-0.4, -0.2) is 17.6 Å². The number of amides is 1. The van der Waals surface area contributed by atoms with Crippen LogP contribution in [0.25, 0.3) is 0 Å². The van der Waals surface area contributed by atoms with Gasteiger partial charge in [0.25, 0.3) is 5.91 Å². The fraction of sp³-hybridized carbons (Fsp3) is 0.188. The van der Waals surface area contributed by atoms with Crippen molar-refractivity contribution in [2.75, 3.05) is 11.4 Å². The summed E-state index contributed by atoms with van der Waals surface area (Å²) in [5.41, 5.74) is 1.73. The molecule has 5 heteroatoms. The van der Waals surface area contributed by atoms with E-state index in [9.17, 15) is 14.3 Å². The van der Waals surface area contributed by atoms with Gasteiger partial charge in [-0.1, -0.05) is 28.1 Å². The van der Waals surface area contributed by atoms with Gasteiger partial charge < -0.3 is 10.0 Å². The quantitative estimate of drug-likeness (QED) is 0.848. The molecule has 108 valence electrons. The second-order valence-corrected chi connectivity index (χ2v) is 5.92. The predicted octanol–water partition coefficient (Wildman–Crippen LogP) is 3.89. The molecule has 0 aromatic heterocycles. The van der Waals surface area contributed by atoms with Gasteiger partial charge in [0, 0.05) is 16.6 Å². The monoisotopic (exact) mass is 349 g/mol. The lowest BCUT2D eigenvalue weighted by Gasteiger charge is -2.30. The van der Waals surface area contributed by atoms with Crippen molar-refractivity contribution in [2.45, 2.75) is 12.8 Å². The second kappa shape index (κ2) is 5.48. The average molecular weight is 350 g/mol. The molecule has 1 amide bonds. The van der Waals surface area contributed by atoms with Crippen LogP contribution in [0.4, 0.5) is 10.1 Å². The van der Waals surface area contributed by atoms with Gasteiger partial charge in [-0.05, 0) is 42.7 Å². The Morgan fingerprint density at radius 2 is 2.10 bits per heavy atom. The van der Waals surface area contributed by atoms with Crippen LogP contribution in [0.15, 0.2) is 40.9 Å². The summed E-state index contributed by atoms with van der Waals surface area (Å²) in [6, 6.07) is 9.32. The number of carbonyl (C=O) groups is 1. The van der Waals surface area contributed by atoms with Crippen molar-refractivity contribution in [3.05, 3.63) is 57.8 Å². The van der Waals surface area contributed by atoms with Crippen molar-refractivity contribution in [3.8, 4) is 5.75 Å². The molecule has 2 aromatic rings. The first kappa shape index (κ1) is 14.1. The number of rotatable bonds is 1. The van der Waals surface area contributed by atoms with Crippen LogP contribution in [0.5, 0.6) is 5.75 Å². The maximum absolute atomic E-state index is 13.5. The number of anilines is 1. The zero-order chi connectivity index (χ0) is 15.0. The van der Waals surface area contributed by atoms with E-state index in [1.165, 1.54) is 17.0 Å². The molecule has 0 spiro atoms. The highest BCUT2D eigenvalue weighted by atomic mass is 79.9. The van der Waals surface area contributed by atoms with Crippen LogP contribution in [0.2, 0.25) is 0 Å². The van der Waals surface area contributed by atoms with E-state index in [0.717, 1.165) is 18.4 Å². The molecule has 0 radical (unpaired) electrons. The third-order valence-corrected chi connectivity index (χ3v) is 4.01. The SMILES string of the molecule is O=C(c1cc(F)cc(Br)c1)N1CCCc2cccc(O)c21. The Balaban J connectivity index is 2.04. The number of benzene rings is 2. The Morgan fingerprint density at radius 1 is 1.29 bits per heavy atom. The number of para-hydroxylation sites is 1. The molecule has 0 bridgehead atoms. The standard InChI is InChI=1S/C16H13BrFNO2/c17-12-7-11(8-13(18)9-12)16(21)19-6-2-4-10-3-1-5-14(20)15(10)19/h1,3,5,7-9,20H,2,4,6H2. The van der Waals surface area contributed by atoms with Crippen LogP contribution in [0.3, 0.4) is 0 Å². The molecule has 0 fully saturated rings. The van der Waals surface area contributed by atoms with Gasteiger partial charge in [0.1, 0.15) is 11.6 Å². The van der Waals surface area contributed by atoms with Gasteiger partial charge in [-0.2, -0.15) is 0 Å². The van der Waals surface area contributed by atoms with E-state index in [1.807, 2.05) is 6.07 Å². The summed E-state index contributed by atoms with van der Waals surface area (Å²) >= 11 is 3.19. The highest BCUT2D eigenvalue weighted by Gasteiger charge is 2.26. The summed E-state index contributed by atoms with van der Waals surface area (Å²) in [5, 5.41) is 10.1. The Kier molecular flexibility index (Phi) is 3.68. The van der Waals surface area contributed by atoms with Crippen molar-refractivity contribution >= 4 is 27.5 Å². The molecule has 1 N–H and O–H groups in total. The Morgan fingerprint density at radius 3 is 2.86 bits per heavy atom. The molecule has 0 atom stereocenters. The summed E-state index contributed by atoms with van der Waals surface area (Å²) in [5.74, 6) is -0.698. The predicted molar refractivity (Wildman–Crippen MR) is 82.2 cm³/mol. The van der Waals surface area contributed by atoms with Gasteiger partial charge in [-0.25, -0.2) is 4.39 Å². The van der Waals surface area contributed by atoms with E-state index in [-0.39, 0.29) is 17.2 Å². The van der Waals surface area contributed by atoms with E-state index in [1.54, 1.807) is 18.2 Å². The summed E-state index contributed by atoms with van der Waals surface area (Å²) in [4.78, 5) is 14.2. The van der Waals surface area contributed by atoms with Crippen LogP contribution in [0.1, 0.15) is 22.3 Å². The van der Waals surface area contributed by atoms with Crippen LogP contribution in [-0.2, 0) is 6.42 Å². The zero-order valence-corrected chi connectivity index (χ0v) is 12.7. The minimum absolute atomic E-state index is 0.0796. The van der Waals surface area contributed by atoms with Gasteiger partial charge in [-0.15, -0.1) is 0 Å². The summed E-state index contributed by atoms with van der Waals surface area (Å²) in [6.07, 6.45) is 1.64. The van der Waals surface area contributed by atoms with Gasteiger partial charge in [-0.3, -0.25) is 4.79 Å². The Labute approximate surface area is 130 Å². The van der Waals surface area contributed by atoms with Crippen molar-refractivity contribution in [2.24, 2.45) is 0 Å². The topological polar surface area (TPSA) is 40.5 Å². The molecule has 1 heterocycles.